The number of amides is 3. The number of aliphatic carboxylic acids is 2. The Hall–Kier alpha value is -2.42. The van der Waals surface area contributed by atoms with Gasteiger partial charge in [-0.2, -0.15) is 12.6 Å². The number of carbonyl (C=O) groups is 5. The third-order valence-corrected chi connectivity index (χ3v) is 4.05. The quantitative estimate of drug-likeness (QED) is 0.127. The average molecular weight is 438 g/mol. The van der Waals surface area contributed by atoms with Gasteiger partial charge in [-0.3, -0.25) is 19.2 Å². The minimum atomic E-state index is -1.65. The normalized spacial score (nSPS) is 15.9. The lowest BCUT2D eigenvalue weighted by Crippen LogP contribution is -2.60. The van der Waals surface area contributed by atoms with Crippen molar-refractivity contribution in [3.63, 3.8) is 0 Å². The molecule has 0 rings (SSSR count). The van der Waals surface area contributed by atoms with Gasteiger partial charge in [-0.15, -0.1) is 0 Å². The summed E-state index contributed by atoms with van der Waals surface area (Å²) in [5.74, 6) is -5.69. The maximum Gasteiger partial charge on any atom is 0.328 e. The van der Waals surface area contributed by atoms with Gasteiger partial charge in [0.1, 0.15) is 18.1 Å². The number of carboxylic acids is 2. The van der Waals surface area contributed by atoms with Crippen LogP contribution in [-0.2, 0) is 24.0 Å². The van der Waals surface area contributed by atoms with Crippen LogP contribution >= 0.6 is 12.6 Å². The molecule has 0 fully saturated rings. The van der Waals surface area contributed by atoms with Gasteiger partial charge in [0, 0.05) is 12.2 Å². The molecule has 29 heavy (non-hydrogen) atoms. The van der Waals surface area contributed by atoms with Crippen LogP contribution in [0.15, 0.2) is 0 Å². The Kier molecular flexibility index (Phi) is 11.8. The fraction of sp³-hybridized carbons (Fsp3) is 0.667. The Morgan fingerprint density at radius 1 is 0.966 bits per heavy atom. The van der Waals surface area contributed by atoms with Crippen molar-refractivity contribution in [2.24, 2.45) is 5.73 Å². The predicted octanol–water partition coefficient (Wildman–Crippen LogP) is -3.98. The van der Waals surface area contributed by atoms with Crippen LogP contribution in [0.1, 0.15) is 19.8 Å². The number of hydrogen-bond donors (Lipinski definition) is 9. The molecule has 0 bridgehead atoms. The Bertz CT molecular complexity index is 617. The summed E-state index contributed by atoms with van der Waals surface area (Å²) in [6, 6.07) is -5.70. The Morgan fingerprint density at radius 3 is 1.93 bits per heavy atom. The molecule has 0 spiro atoms. The Labute approximate surface area is 171 Å². The minimum Gasteiger partial charge on any atom is -0.481 e. The Morgan fingerprint density at radius 2 is 1.52 bits per heavy atom. The molecule has 0 aromatic carbocycles. The molecule has 0 aliphatic heterocycles. The summed E-state index contributed by atoms with van der Waals surface area (Å²) in [7, 11) is 0. The number of carboxylic acid groups (broad SMARTS) is 2. The molecule has 5 atom stereocenters. The fourth-order valence-electron chi connectivity index (χ4n) is 1.99. The van der Waals surface area contributed by atoms with E-state index in [1.807, 2.05) is 5.32 Å². The first-order chi connectivity index (χ1) is 13.4. The number of aliphatic hydroxyl groups is 2. The fourth-order valence-corrected chi connectivity index (χ4v) is 2.25. The van der Waals surface area contributed by atoms with Crippen molar-refractivity contribution >= 4 is 42.3 Å². The highest BCUT2D eigenvalue weighted by Crippen LogP contribution is 2.00. The molecule has 0 radical (unpaired) electrons. The van der Waals surface area contributed by atoms with Crippen LogP contribution in [0.4, 0.5) is 0 Å². The van der Waals surface area contributed by atoms with Gasteiger partial charge in [-0.1, -0.05) is 0 Å². The number of aliphatic hydroxyl groups excluding tert-OH is 2. The monoisotopic (exact) mass is 438 g/mol. The van der Waals surface area contributed by atoms with E-state index < -0.39 is 66.5 Å². The van der Waals surface area contributed by atoms with E-state index in [1.54, 1.807) is 0 Å². The molecular weight excluding hydrogens is 412 g/mol. The number of carbonyl (C=O) groups excluding carboxylic acids is 3. The average Bonchev–Trinajstić information content (AvgIpc) is 2.64. The minimum absolute atomic E-state index is 0.168. The Balaban J connectivity index is 5.04. The van der Waals surface area contributed by atoms with Gasteiger partial charge in [-0.25, -0.2) is 4.79 Å². The zero-order valence-corrected chi connectivity index (χ0v) is 16.5. The lowest BCUT2D eigenvalue weighted by Gasteiger charge is -2.25. The van der Waals surface area contributed by atoms with Crippen LogP contribution in [0.3, 0.4) is 0 Å². The van der Waals surface area contributed by atoms with Crippen molar-refractivity contribution in [2.45, 2.75) is 50.0 Å². The van der Waals surface area contributed by atoms with Crippen LogP contribution in [0.2, 0.25) is 0 Å². The first kappa shape index (κ1) is 26.6. The van der Waals surface area contributed by atoms with E-state index in [2.05, 4.69) is 23.3 Å². The van der Waals surface area contributed by atoms with Gasteiger partial charge in [0.25, 0.3) is 0 Å². The van der Waals surface area contributed by atoms with Crippen LogP contribution in [-0.4, -0.2) is 92.7 Å². The summed E-state index contributed by atoms with van der Waals surface area (Å²) in [6.45, 7) is 0.250. The first-order valence-electron chi connectivity index (χ1n) is 8.45. The van der Waals surface area contributed by atoms with Crippen molar-refractivity contribution in [3.8, 4) is 0 Å². The molecule has 0 heterocycles. The highest BCUT2D eigenvalue weighted by atomic mass is 32.1. The van der Waals surface area contributed by atoms with Gasteiger partial charge in [0.15, 0.2) is 0 Å². The third-order valence-electron chi connectivity index (χ3n) is 3.68. The van der Waals surface area contributed by atoms with E-state index in [0.717, 1.165) is 6.92 Å². The number of nitrogens with two attached hydrogens (primary N) is 1. The summed E-state index contributed by atoms with van der Waals surface area (Å²) in [5.41, 5.74) is 5.55. The van der Waals surface area contributed by atoms with Crippen molar-refractivity contribution in [1.82, 2.24) is 16.0 Å². The third kappa shape index (κ3) is 9.56. The van der Waals surface area contributed by atoms with E-state index in [-0.39, 0.29) is 18.6 Å². The van der Waals surface area contributed by atoms with E-state index in [4.69, 9.17) is 21.1 Å². The molecule has 0 saturated heterocycles. The molecular formula is C15H26N4O9S. The maximum absolute atomic E-state index is 12.3. The van der Waals surface area contributed by atoms with Gasteiger partial charge >= 0.3 is 11.9 Å². The smallest absolute Gasteiger partial charge is 0.328 e. The molecule has 0 aromatic rings. The molecule has 0 aliphatic rings. The highest BCUT2D eigenvalue weighted by Gasteiger charge is 2.32. The van der Waals surface area contributed by atoms with Gasteiger partial charge in [0.05, 0.1) is 18.8 Å². The van der Waals surface area contributed by atoms with E-state index >= 15 is 0 Å². The predicted molar refractivity (Wildman–Crippen MR) is 101 cm³/mol. The van der Waals surface area contributed by atoms with Crippen molar-refractivity contribution in [1.29, 1.82) is 0 Å². The van der Waals surface area contributed by atoms with Gasteiger partial charge in [-0.05, 0) is 13.3 Å². The van der Waals surface area contributed by atoms with Crippen LogP contribution in [0, 0.1) is 0 Å². The summed E-state index contributed by atoms with van der Waals surface area (Å²) < 4.78 is 0. The first-order valence-corrected chi connectivity index (χ1v) is 9.08. The summed E-state index contributed by atoms with van der Waals surface area (Å²) in [6.07, 6.45) is -1.97. The topological polar surface area (TPSA) is 228 Å². The van der Waals surface area contributed by atoms with Gasteiger partial charge < -0.3 is 42.1 Å². The molecule has 3 amide bonds. The molecule has 9 N–H and O–H groups in total. The lowest BCUT2D eigenvalue weighted by molar-refractivity contribution is -0.144. The lowest BCUT2D eigenvalue weighted by atomic mass is 10.1. The van der Waals surface area contributed by atoms with Crippen molar-refractivity contribution in [3.05, 3.63) is 0 Å². The number of hydrogen-bond acceptors (Lipinski definition) is 9. The molecule has 0 aromatic heterocycles. The zero-order chi connectivity index (χ0) is 22.7. The zero-order valence-electron chi connectivity index (χ0n) is 15.6. The second-order valence-electron chi connectivity index (χ2n) is 6.09. The number of nitrogens with one attached hydrogen (secondary N) is 3. The van der Waals surface area contributed by atoms with Crippen molar-refractivity contribution in [2.75, 3.05) is 12.4 Å². The second-order valence-corrected chi connectivity index (χ2v) is 6.46. The summed E-state index contributed by atoms with van der Waals surface area (Å²) in [4.78, 5) is 57.9. The largest absolute Gasteiger partial charge is 0.481 e. The summed E-state index contributed by atoms with van der Waals surface area (Å²) in [5, 5.41) is 42.5. The van der Waals surface area contributed by atoms with Crippen LogP contribution in [0.5, 0.6) is 0 Å². The second kappa shape index (κ2) is 12.9. The SMILES string of the molecule is CC(O)C(NC(=O)C(CS)NC(=O)C(N)CCC(=O)O)C(=O)NC(CO)C(=O)O. The molecule has 5 unspecified atom stereocenters. The van der Waals surface area contributed by atoms with Crippen LogP contribution in [0.25, 0.3) is 0 Å². The molecule has 0 aliphatic carbocycles. The molecule has 166 valence electrons. The van der Waals surface area contributed by atoms with Gasteiger partial charge in [0.2, 0.25) is 17.7 Å². The van der Waals surface area contributed by atoms with Crippen molar-refractivity contribution < 1.29 is 44.4 Å². The maximum atomic E-state index is 12.3. The molecule has 13 nitrogen and oxygen atoms in total. The van der Waals surface area contributed by atoms with E-state index in [0.29, 0.717) is 0 Å². The van der Waals surface area contributed by atoms with E-state index in [9.17, 15) is 29.1 Å². The summed E-state index contributed by atoms with van der Waals surface area (Å²) >= 11 is 3.92. The number of rotatable bonds is 13. The standard InChI is InChI=1S/C15H26N4O9S/c1-6(21)11(14(26)17-8(4-20)15(27)28)19-13(25)9(5-29)18-12(24)7(16)2-3-10(22)23/h6-9,11,20-21,29H,2-5,16H2,1H3,(H,17,26)(H,18,24)(H,19,25)(H,22,23)(H,27,28). The van der Waals surface area contributed by atoms with Crippen LogP contribution < -0.4 is 21.7 Å². The number of thiol groups is 1. The molecule has 14 heteroatoms. The van der Waals surface area contributed by atoms with E-state index in [1.165, 1.54) is 0 Å². The molecule has 0 saturated carbocycles. The highest BCUT2D eigenvalue weighted by molar-refractivity contribution is 7.80.